The summed E-state index contributed by atoms with van der Waals surface area (Å²) in [4.78, 5) is 26.1. The van der Waals surface area contributed by atoms with E-state index in [2.05, 4.69) is 15.5 Å². The average Bonchev–Trinajstić information content (AvgIpc) is 3.30. The van der Waals surface area contributed by atoms with Gasteiger partial charge in [0.25, 0.3) is 5.22 Å². The smallest absolute Gasteiger partial charge is 0.341 e. The number of rotatable bonds is 6. The number of hydrogen-bond acceptors (Lipinski definition) is 8. The van der Waals surface area contributed by atoms with Gasteiger partial charge < -0.3 is 14.5 Å². The second kappa shape index (κ2) is 9.44. The molecule has 0 saturated heterocycles. The zero-order chi connectivity index (χ0) is 20.9. The van der Waals surface area contributed by atoms with Gasteiger partial charge in [0, 0.05) is 10.4 Å². The number of anilines is 1. The number of amides is 1. The van der Waals surface area contributed by atoms with Gasteiger partial charge in [0.1, 0.15) is 5.00 Å². The second-order valence-electron chi connectivity index (χ2n) is 6.84. The summed E-state index contributed by atoms with van der Waals surface area (Å²) in [5.41, 5.74) is 2.35. The third-order valence-electron chi connectivity index (χ3n) is 4.82. The van der Waals surface area contributed by atoms with Crippen molar-refractivity contribution in [2.75, 3.05) is 18.2 Å². The van der Waals surface area contributed by atoms with Crippen molar-refractivity contribution >= 4 is 40.0 Å². The fraction of sp³-hybridized carbons (Fsp3) is 0.333. The molecule has 0 fully saturated rings. The summed E-state index contributed by atoms with van der Waals surface area (Å²) in [6.07, 6.45) is 5.05. The Morgan fingerprint density at radius 2 is 1.97 bits per heavy atom. The molecule has 156 valence electrons. The summed E-state index contributed by atoms with van der Waals surface area (Å²) in [5.74, 6) is -0.129. The molecule has 0 radical (unpaired) electrons. The van der Waals surface area contributed by atoms with Crippen molar-refractivity contribution in [3.63, 3.8) is 0 Å². The average molecular weight is 444 g/mol. The Kier molecular flexibility index (Phi) is 6.49. The van der Waals surface area contributed by atoms with E-state index in [-0.39, 0.29) is 11.7 Å². The number of methoxy groups -OCH3 is 1. The second-order valence-corrected chi connectivity index (χ2v) is 8.87. The van der Waals surface area contributed by atoms with Gasteiger partial charge in [-0.05, 0) is 43.4 Å². The number of hydrogen-bond donors (Lipinski definition) is 1. The van der Waals surface area contributed by atoms with E-state index in [1.807, 2.05) is 30.3 Å². The first-order valence-corrected chi connectivity index (χ1v) is 11.5. The molecule has 30 heavy (non-hydrogen) atoms. The van der Waals surface area contributed by atoms with E-state index >= 15 is 0 Å². The van der Waals surface area contributed by atoms with E-state index in [0.29, 0.717) is 21.7 Å². The highest BCUT2D eigenvalue weighted by atomic mass is 32.2. The normalized spacial score (nSPS) is 13.4. The fourth-order valence-corrected chi connectivity index (χ4v) is 5.26. The number of carbonyl (C=O) groups excluding carboxylic acids is 2. The van der Waals surface area contributed by atoms with Crippen LogP contribution in [0, 0.1) is 0 Å². The van der Waals surface area contributed by atoms with Crippen LogP contribution >= 0.6 is 23.1 Å². The molecule has 0 spiro atoms. The molecule has 9 heteroatoms. The predicted octanol–water partition coefficient (Wildman–Crippen LogP) is 4.58. The van der Waals surface area contributed by atoms with Crippen LogP contribution in [-0.2, 0) is 22.4 Å². The lowest BCUT2D eigenvalue weighted by Crippen LogP contribution is -2.16. The Hall–Kier alpha value is -2.65. The minimum absolute atomic E-state index is 0.0968. The lowest BCUT2D eigenvalue weighted by atomic mass is 10.1. The summed E-state index contributed by atoms with van der Waals surface area (Å²) >= 11 is 2.63. The maximum atomic E-state index is 12.5. The van der Waals surface area contributed by atoms with Crippen LogP contribution in [0.3, 0.4) is 0 Å². The number of aromatic nitrogens is 2. The van der Waals surface area contributed by atoms with E-state index in [9.17, 15) is 9.59 Å². The number of esters is 1. The molecule has 4 rings (SSSR count). The molecular formula is C21H21N3O4S2. The topological polar surface area (TPSA) is 94.3 Å². The molecule has 0 saturated carbocycles. The number of carbonyl (C=O) groups is 2. The predicted molar refractivity (Wildman–Crippen MR) is 116 cm³/mol. The zero-order valence-corrected chi connectivity index (χ0v) is 18.1. The first kappa shape index (κ1) is 20.6. The van der Waals surface area contributed by atoms with Crippen LogP contribution in [0.25, 0.3) is 11.5 Å². The van der Waals surface area contributed by atoms with Crippen molar-refractivity contribution in [1.29, 1.82) is 0 Å². The first-order chi connectivity index (χ1) is 14.7. The first-order valence-electron chi connectivity index (χ1n) is 9.70. The summed E-state index contributed by atoms with van der Waals surface area (Å²) in [7, 11) is 1.37. The van der Waals surface area contributed by atoms with E-state index in [1.54, 1.807) is 0 Å². The molecule has 0 unspecified atom stereocenters. The van der Waals surface area contributed by atoms with Gasteiger partial charge in [0.05, 0.1) is 18.4 Å². The van der Waals surface area contributed by atoms with Crippen LogP contribution in [-0.4, -0.2) is 34.9 Å². The number of thioether (sulfide) groups is 1. The van der Waals surface area contributed by atoms with Gasteiger partial charge in [-0.1, -0.05) is 36.4 Å². The largest absolute Gasteiger partial charge is 0.465 e. The van der Waals surface area contributed by atoms with Crippen molar-refractivity contribution in [3.05, 3.63) is 46.3 Å². The van der Waals surface area contributed by atoms with Crippen molar-refractivity contribution in [3.8, 4) is 11.5 Å². The molecule has 0 aliphatic heterocycles. The number of nitrogens with one attached hydrogen (secondary N) is 1. The fourth-order valence-electron chi connectivity index (χ4n) is 3.40. The summed E-state index contributed by atoms with van der Waals surface area (Å²) in [6.45, 7) is 0. The van der Waals surface area contributed by atoms with E-state index in [0.717, 1.165) is 55.0 Å². The number of benzene rings is 1. The number of fused-ring (bicyclic) bond motifs is 1. The highest BCUT2D eigenvalue weighted by molar-refractivity contribution is 7.99. The zero-order valence-electron chi connectivity index (χ0n) is 16.5. The molecule has 1 aliphatic carbocycles. The SMILES string of the molecule is COC(=O)c1c(NC(=O)CSc2nnc(-c3ccccc3)o2)sc2c1CCCCC2. The van der Waals surface area contributed by atoms with Crippen LogP contribution in [0.15, 0.2) is 40.0 Å². The molecular weight excluding hydrogens is 422 g/mol. The highest BCUT2D eigenvalue weighted by Crippen LogP contribution is 2.38. The van der Waals surface area contributed by atoms with Gasteiger partial charge in [-0.15, -0.1) is 21.5 Å². The highest BCUT2D eigenvalue weighted by Gasteiger charge is 2.26. The molecule has 1 N–H and O–H groups in total. The maximum Gasteiger partial charge on any atom is 0.341 e. The van der Waals surface area contributed by atoms with Crippen LogP contribution in [0.2, 0.25) is 0 Å². The minimum atomic E-state index is -0.401. The quantitative estimate of drug-likeness (QED) is 0.338. The van der Waals surface area contributed by atoms with Gasteiger partial charge in [0.15, 0.2) is 0 Å². The Balaban J connectivity index is 1.43. The minimum Gasteiger partial charge on any atom is -0.465 e. The lowest BCUT2D eigenvalue weighted by Gasteiger charge is -2.07. The van der Waals surface area contributed by atoms with Crippen LogP contribution in [0.5, 0.6) is 0 Å². The van der Waals surface area contributed by atoms with Crippen molar-refractivity contribution in [2.45, 2.75) is 37.3 Å². The van der Waals surface area contributed by atoms with Gasteiger partial charge in [-0.25, -0.2) is 4.79 Å². The molecule has 0 atom stereocenters. The Labute approximate surface area is 182 Å². The summed E-state index contributed by atoms with van der Waals surface area (Å²) in [6, 6.07) is 9.45. The Morgan fingerprint density at radius 1 is 1.17 bits per heavy atom. The third-order valence-corrected chi connectivity index (χ3v) is 6.84. The number of thiophene rings is 1. The maximum absolute atomic E-state index is 12.5. The molecule has 1 aliphatic rings. The molecule has 7 nitrogen and oxygen atoms in total. The molecule has 0 bridgehead atoms. The van der Waals surface area contributed by atoms with Gasteiger partial charge in [0.2, 0.25) is 11.8 Å². The molecule has 2 heterocycles. The Morgan fingerprint density at radius 3 is 2.77 bits per heavy atom. The van der Waals surface area contributed by atoms with Gasteiger partial charge in [-0.3, -0.25) is 4.79 Å². The van der Waals surface area contributed by atoms with E-state index in [4.69, 9.17) is 9.15 Å². The number of aryl methyl sites for hydroxylation is 1. The number of ether oxygens (including phenoxy) is 1. The van der Waals surface area contributed by atoms with Gasteiger partial charge in [-0.2, -0.15) is 0 Å². The van der Waals surface area contributed by atoms with Crippen molar-refractivity contribution in [1.82, 2.24) is 10.2 Å². The molecule has 3 aromatic rings. The van der Waals surface area contributed by atoms with E-state index in [1.165, 1.54) is 23.3 Å². The standard InChI is InChI=1S/C21H21N3O4S2/c1-27-20(26)17-14-10-6-3-7-11-15(14)30-19(17)22-16(25)12-29-21-24-23-18(28-21)13-8-4-2-5-9-13/h2,4-5,8-9H,3,6-7,10-12H2,1H3,(H,22,25). The monoisotopic (exact) mass is 443 g/mol. The van der Waals surface area contributed by atoms with E-state index < -0.39 is 5.97 Å². The van der Waals surface area contributed by atoms with Crippen LogP contribution in [0.4, 0.5) is 5.00 Å². The summed E-state index contributed by atoms with van der Waals surface area (Å²) in [5, 5.41) is 11.8. The third kappa shape index (κ3) is 4.57. The van der Waals surface area contributed by atoms with Crippen molar-refractivity contribution < 1.29 is 18.7 Å². The number of nitrogens with zero attached hydrogens (tertiary/aromatic N) is 2. The Bertz CT molecular complexity index is 1050. The van der Waals surface area contributed by atoms with Crippen LogP contribution in [0.1, 0.15) is 40.1 Å². The van der Waals surface area contributed by atoms with Crippen molar-refractivity contribution in [2.24, 2.45) is 0 Å². The molecule has 1 aromatic carbocycles. The van der Waals surface area contributed by atoms with Crippen LogP contribution < -0.4 is 5.32 Å². The van der Waals surface area contributed by atoms with Gasteiger partial charge >= 0.3 is 5.97 Å². The summed E-state index contributed by atoms with van der Waals surface area (Å²) < 4.78 is 10.6. The lowest BCUT2D eigenvalue weighted by molar-refractivity contribution is -0.113. The molecule has 1 amide bonds. The molecule has 2 aromatic heterocycles.